The van der Waals surface area contributed by atoms with Gasteiger partial charge in [0.2, 0.25) is 0 Å². The van der Waals surface area contributed by atoms with Crippen molar-refractivity contribution in [3.63, 3.8) is 0 Å². The highest BCUT2D eigenvalue weighted by atomic mass is 32.2. The molecular weight excluding hydrogens is 266 g/mol. The summed E-state index contributed by atoms with van der Waals surface area (Å²) >= 11 is 1.48. The lowest BCUT2D eigenvalue weighted by molar-refractivity contribution is 0.0793. The van der Waals surface area contributed by atoms with Gasteiger partial charge in [0.25, 0.3) is 5.91 Å². The smallest absolute Gasteiger partial charge is 0.253 e. The van der Waals surface area contributed by atoms with Crippen molar-refractivity contribution in [2.45, 2.75) is 12.8 Å². The van der Waals surface area contributed by atoms with Gasteiger partial charge in [-0.1, -0.05) is 36.4 Å². The molecular formula is C17H17NOS. The zero-order valence-electron chi connectivity index (χ0n) is 11.3. The predicted molar refractivity (Wildman–Crippen MR) is 86.2 cm³/mol. The van der Waals surface area contributed by atoms with Crippen molar-refractivity contribution in [3.8, 4) is 12.3 Å². The van der Waals surface area contributed by atoms with Crippen LogP contribution in [0.25, 0.3) is 4.91 Å². The van der Waals surface area contributed by atoms with Crippen LogP contribution in [0.1, 0.15) is 28.8 Å². The first kappa shape index (κ1) is 14.5. The largest absolute Gasteiger partial charge is 0.339 e. The van der Waals surface area contributed by atoms with Gasteiger partial charge in [0.05, 0.1) is 0 Å². The molecule has 2 rings (SSSR count). The fraction of sp³-hybridized carbons (Fsp3) is 0.235. The monoisotopic (exact) mass is 283 g/mol. The van der Waals surface area contributed by atoms with Crippen LogP contribution in [0, 0.1) is 12.3 Å². The highest BCUT2D eigenvalue weighted by Gasteiger charge is 2.19. The summed E-state index contributed by atoms with van der Waals surface area (Å²) in [5.74, 6) is 2.56. The molecule has 0 atom stereocenters. The van der Waals surface area contributed by atoms with Gasteiger partial charge in [-0.15, -0.1) is 6.42 Å². The van der Waals surface area contributed by atoms with Gasteiger partial charge in [-0.2, -0.15) is 0 Å². The molecule has 0 N–H and O–H groups in total. The van der Waals surface area contributed by atoms with Crippen molar-refractivity contribution >= 4 is 22.6 Å². The second kappa shape index (κ2) is 7.02. The van der Waals surface area contributed by atoms with Crippen LogP contribution in [0.2, 0.25) is 0 Å². The molecule has 20 heavy (non-hydrogen) atoms. The Hall–Kier alpha value is -1.92. The van der Waals surface area contributed by atoms with Gasteiger partial charge in [0.1, 0.15) is 0 Å². The van der Waals surface area contributed by atoms with E-state index in [0.717, 1.165) is 42.0 Å². The van der Waals surface area contributed by atoms with E-state index in [4.69, 9.17) is 6.42 Å². The van der Waals surface area contributed by atoms with E-state index in [1.807, 2.05) is 34.6 Å². The number of hydrogen-bond acceptors (Lipinski definition) is 2. The molecule has 1 saturated heterocycles. The first-order chi connectivity index (χ1) is 9.72. The van der Waals surface area contributed by atoms with Gasteiger partial charge in [-0.3, -0.25) is 4.79 Å². The number of allylic oxidation sites excluding steroid dienone is 1. The fourth-order valence-electron chi connectivity index (χ4n) is 2.12. The van der Waals surface area contributed by atoms with E-state index in [1.54, 1.807) is 6.08 Å². The fourth-order valence-corrected chi connectivity index (χ4v) is 2.71. The summed E-state index contributed by atoms with van der Waals surface area (Å²) < 4.78 is 0. The van der Waals surface area contributed by atoms with Crippen LogP contribution in [0.3, 0.4) is 0 Å². The Morgan fingerprint density at radius 3 is 2.45 bits per heavy atom. The summed E-state index contributed by atoms with van der Waals surface area (Å²) in [7, 11) is 0. The molecule has 1 aliphatic heterocycles. The highest BCUT2D eigenvalue weighted by Crippen LogP contribution is 2.26. The molecule has 1 aromatic carbocycles. The third-order valence-electron chi connectivity index (χ3n) is 3.22. The number of nitrogens with zero attached hydrogens (tertiary/aromatic N) is 1. The maximum absolute atomic E-state index is 12.2. The van der Waals surface area contributed by atoms with Crippen molar-refractivity contribution in [2.75, 3.05) is 13.1 Å². The van der Waals surface area contributed by atoms with E-state index in [2.05, 4.69) is 12.5 Å². The number of terminal acetylenes is 1. The molecule has 2 nitrogen and oxygen atoms in total. The molecule has 1 aromatic rings. The molecule has 3 heteroatoms. The average Bonchev–Trinajstić information content (AvgIpc) is 3.01. The van der Waals surface area contributed by atoms with Gasteiger partial charge < -0.3 is 4.90 Å². The molecule has 1 aliphatic rings. The number of amides is 1. The molecule has 0 unspecified atom stereocenters. The van der Waals surface area contributed by atoms with Crippen LogP contribution < -0.4 is 0 Å². The zero-order valence-corrected chi connectivity index (χ0v) is 12.2. The normalized spacial score (nSPS) is 14.4. The Kier molecular flexibility index (Phi) is 5.09. The number of thioether (sulfide) groups is 1. The van der Waals surface area contributed by atoms with Gasteiger partial charge in [0, 0.05) is 23.6 Å². The minimum Gasteiger partial charge on any atom is -0.339 e. The highest BCUT2D eigenvalue weighted by molar-refractivity contribution is 8.10. The van der Waals surface area contributed by atoms with Gasteiger partial charge in [-0.05, 0) is 42.0 Å². The number of carbonyl (C=O) groups is 1. The number of benzene rings is 1. The van der Waals surface area contributed by atoms with Crippen LogP contribution in [0.4, 0.5) is 0 Å². The molecule has 0 bridgehead atoms. The lowest BCUT2D eigenvalue weighted by atomic mass is 10.1. The van der Waals surface area contributed by atoms with E-state index in [1.165, 1.54) is 11.8 Å². The third kappa shape index (κ3) is 3.55. The average molecular weight is 283 g/mol. The molecule has 0 spiro atoms. The summed E-state index contributed by atoms with van der Waals surface area (Å²) in [5, 5.41) is 1.83. The lowest BCUT2D eigenvalue weighted by Crippen LogP contribution is -2.27. The summed E-state index contributed by atoms with van der Waals surface area (Å²) in [6.07, 6.45) is 9.00. The summed E-state index contributed by atoms with van der Waals surface area (Å²) in [5.41, 5.74) is 1.75. The van der Waals surface area contributed by atoms with Crippen molar-refractivity contribution in [3.05, 3.63) is 53.5 Å². The van der Waals surface area contributed by atoms with Crippen molar-refractivity contribution in [2.24, 2.45) is 0 Å². The van der Waals surface area contributed by atoms with E-state index in [9.17, 15) is 4.79 Å². The molecule has 1 amide bonds. The SMILES string of the molecule is C#C/C=C/SC(=C)c1ccc(C(=O)N2CCCC2)cc1. The lowest BCUT2D eigenvalue weighted by Gasteiger charge is -2.15. The maximum Gasteiger partial charge on any atom is 0.253 e. The maximum atomic E-state index is 12.2. The van der Waals surface area contributed by atoms with Gasteiger partial charge in [-0.25, -0.2) is 0 Å². The Labute approximate surface area is 124 Å². The van der Waals surface area contributed by atoms with Crippen molar-refractivity contribution in [1.29, 1.82) is 0 Å². The topological polar surface area (TPSA) is 20.3 Å². The molecule has 102 valence electrons. The molecule has 1 fully saturated rings. The minimum atomic E-state index is 0.125. The van der Waals surface area contributed by atoms with Gasteiger partial charge >= 0.3 is 0 Å². The molecule has 0 aromatic heterocycles. The second-order valence-electron chi connectivity index (χ2n) is 4.59. The quantitative estimate of drug-likeness (QED) is 0.784. The van der Waals surface area contributed by atoms with Crippen LogP contribution in [-0.2, 0) is 0 Å². The van der Waals surface area contributed by atoms with Crippen molar-refractivity contribution in [1.82, 2.24) is 4.90 Å². The van der Waals surface area contributed by atoms with Crippen LogP contribution >= 0.6 is 11.8 Å². The number of carbonyl (C=O) groups excluding carboxylic acids is 1. The third-order valence-corrected chi connectivity index (χ3v) is 4.01. The van der Waals surface area contributed by atoms with Gasteiger partial charge in [0.15, 0.2) is 0 Å². The molecule has 0 radical (unpaired) electrons. The molecule has 1 heterocycles. The molecule has 0 aliphatic carbocycles. The second-order valence-corrected chi connectivity index (χ2v) is 5.59. The Morgan fingerprint density at radius 1 is 1.25 bits per heavy atom. The van der Waals surface area contributed by atoms with E-state index < -0.39 is 0 Å². The first-order valence-electron chi connectivity index (χ1n) is 6.59. The standard InChI is InChI=1S/C17H17NOS/c1-3-4-13-20-14(2)15-7-9-16(10-8-15)17(19)18-11-5-6-12-18/h1,4,7-10,13H,2,5-6,11-12H2/b13-4+. The summed E-state index contributed by atoms with van der Waals surface area (Å²) in [6, 6.07) is 7.60. The number of likely N-dealkylation sites (tertiary alicyclic amines) is 1. The van der Waals surface area contributed by atoms with Crippen LogP contribution in [-0.4, -0.2) is 23.9 Å². The van der Waals surface area contributed by atoms with E-state index in [-0.39, 0.29) is 5.91 Å². The summed E-state index contributed by atoms with van der Waals surface area (Å²) in [6.45, 7) is 5.75. The van der Waals surface area contributed by atoms with E-state index >= 15 is 0 Å². The number of rotatable bonds is 4. The first-order valence-corrected chi connectivity index (χ1v) is 7.47. The predicted octanol–water partition coefficient (Wildman–Crippen LogP) is 3.77. The zero-order chi connectivity index (χ0) is 14.4. The Bertz CT molecular complexity index is 560. The van der Waals surface area contributed by atoms with Crippen LogP contribution in [0.5, 0.6) is 0 Å². The van der Waals surface area contributed by atoms with E-state index in [0.29, 0.717) is 0 Å². The van der Waals surface area contributed by atoms with Crippen molar-refractivity contribution < 1.29 is 4.79 Å². The minimum absolute atomic E-state index is 0.125. The number of hydrogen-bond donors (Lipinski definition) is 0. The Balaban J connectivity index is 2.02. The molecule has 0 saturated carbocycles. The summed E-state index contributed by atoms with van der Waals surface area (Å²) in [4.78, 5) is 15.0. The Morgan fingerprint density at radius 2 is 1.85 bits per heavy atom. The van der Waals surface area contributed by atoms with Crippen LogP contribution in [0.15, 0.2) is 42.3 Å².